The number of nitrogens with zero attached hydrogens (tertiary/aromatic N) is 1. The predicted molar refractivity (Wildman–Crippen MR) is 77.4 cm³/mol. The number of anilines is 1. The molecule has 1 heterocycles. The average Bonchev–Trinajstić information content (AvgIpc) is 2.26. The lowest BCUT2D eigenvalue weighted by Crippen LogP contribution is -2.16. The number of pyridine rings is 1. The Bertz CT molecular complexity index is 422. The van der Waals surface area contributed by atoms with Crippen LogP contribution in [0.1, 0.15) is 51.5 Å². The van der Waals surface area contributed by atoms with Crippen LogP contribution in [0.2, 0.25) is 0 Å². The van der Waals surface area contributed by atoms with E-state index in [4.69, 9.17) is 4.74 Å². The first-order valence-corrected chi connectivity index (χ1v) is 6.69. The number of hydrogen-bond donors (Lipinski definition) is 1. The standard InChI is InChI=1S/C15H24N2O2/c1-11(2)16-13-8-6-7-12(17-13)14(18)19-10-9-15(3,4)5/h6-8,11H,9-10H2,1-5H3,(H,16,17). The third kappa shape index (κ3) is 6.22. The molecular formula is C15H24N2O2. The van der Waals surface area contributed by atoms with Gasteiger partial charge in [0.15, 0.2) is 5.69 Å². The first-order chi connectivity index (χ1) is 8.78. The first-order valence-electron chi connectivity index (χ1n) is 6.69. The van der Waals surface area contributed by atoms with Crippen molar-refractivity contribution in [2.45, 2.75) is 47.1 Å². The van der Waals surface area contributed by atoms with Gasteiger partial charge in [0.2, 0.25) is 0 Å². The zero-order valence-electron chi connectivity index (χ0n) is 12.5. The van der Waals surface area contributed by atoms with E-state index in [1.165, 1.54) is 0 Å². The summed E-state index contributed by atoms with van der Waals surface area (Å²) in [6, 6.07) is 5.59. The van der Waals surface area contributed by atoms with Gasteiger partial charge in [0, 0.05) is 6.04 Å². The summed E-state index contributed by atoms with van der Waals surface area (Å²) in [6.07, 6.45) is 0.836. The zero-order chi connectivity index (χ0) is 14.5. The summed E-state index contributed by atoms with van der Waals surface area (Å²) in [4.78, 5) is 16.1. The summed E-state index contributed by atoms with van der Waals surface area (Å²) in [5.74, 6) is 0.330. The molecule has 0 aliphatic heterocycles. The maximum atomic E-state index is 11.9. The fourth-order valence-corrected chi connectivity index (χ4v) is 1.45. The van der Waals surface area contributed by atoms with E-state index in [1.54, 1.807) is 12.1 Å². The van der Waals surface area contributed by atoms with Crippen molar-refractivity contribution in [2.24, 2.45) is 5.41 Å². The van der Waals surface area contributed by atoms with E-state index in [2.05, 4.69) is 31.1 Å². The van der Waals surface area contributed by atoms with E-state index in [0.29, 0.717) is 18.1 Å². The molecule has 4 heteroatoms. The van der Waals surface area contributed by atoms with Crippen molar-refractivity contribution < 1.29 is 9.53 Å². The molecule has 1 rings (SSSR count). The average molecular weight is 264 g/mol. The van der Waals surface area contributed by atoms with E-state index in [0.717, 1.165) is 6.42 Å². The lowest BCUT2D eigenvalue weighted by molar-refractivity contribution is 0.0458. The van der Waals surface area contributed by atoms with Crippen LogP contribution in [0, 0.1) is 5.41 Å². The first kappa shape index (κ1) is 15.5. The highest BCUT2D eigenvalue weighted by Crippen LogP contribution is 2.18. The lowest BCUT2D eigenvalue weighted by Gasteiger charge is -2.17. The molecule has 1 N–H and O–H groups in total. The molecule has 19 heavy (non-hydrogen) atoms. The van der Waals surface area contributed by atoms with Crippen LogP contribution in [0.3, 0.4) is 0 Å². The molecule has 0 aliphatic carbocycles. The van der Waals surface area contributed by atoms with Crippen molar-refractivity contribution in [2.75, 3.05) is 11.9 Å². The summed E-state index contributed by atoms with van der Waals surface area (Å²) in [5.41, 5.74) is 0.508. The molecule has 0 saturated carbocycles. The minimum Gasteiger partial charge on any atom is -0.461 e. The van der Waals surface area contributed by atoms with Crippen molar-refractivity contribution >= 4 is 11.8 Å². The van der Waals surface area contributed by atoms with Gasteiger partial charge in [-0.1, -0.05) is 26.8 Å². The summed E-state index contributed by atoms with van der Waals surface area (Å²) >= 11 is 0. The second-order valence-corrected chi connectivity index (χ2v) is 6.15. The Morgan fingerprint density at radius 2 is 2.05 bits per heavy atom. The number of nitrogens with one attached hydrogen (secondary N) is 1. The second kappa shape index (κ2) is 6.55. The highest BCUT2D eigenvalue weighted by atomic mass is 16.5. The van der Waals surface area contributed by atoms with E-state index >= 15 is 0 Å². The molecule has 0 aromatic carbocycles. The van der Waals surface area contributed by atoms with Crippen LogP contribution in [0.15, 0.2) is 18.2 Å². The summed E-state index contributed by atoms with van der Waals surface area (Å²) < 4.78 is 5.23. The minimum absolute atomic E-state index is 0.161. The van der Waals surface area contributed by atoms with Gasteiger partial charge in [0.25, 0.3) is 0 Å². The Morgan fingerprint density at radius 3 is 2.63 bits per heavy atom. The minimum atomic E-state index is -0.364. The van der Waals surface area contributed by atoms with Crippen LogP contribution in [0.5, 0.6) is 0 Å². The Morgan fingerprint density at radius 1 is 1.37 bits per heavy atom. The summed E-state index contributed by atoms with van der Waals surface area (Å²) in [5, 5.41) is 3.16. The molecule has 0 bridgehead atoms. The highest BCUT2D eigenvalue weighted by molar-refractivity contribution is 5.87. The van der Waals surface area contributed by atoms with Gasteiger partial charge in [-0.05, 0) is 37.8 Å². The van der Waals surface area contributed by atoms with Crippen molar-refractivity contribution in [3.8, 4) is 0 Å². The third-order valence-corrected chi connectivity index (χ3v) is 2.48. The molecule has 4 nitrogen and oxygen atoms in total. The van der Waals surface area contributed by atoms with Crippen LogP contribution in [0.25, 0.3) is 0 Å². The Labute approximate surface area is 115 Å². The third-order valence-electron chi connectivity index (χ3n) is 2.48. The van der Waals surface area contributed by atoms with Crippen LogP contribution in [0.4, 0.5) is 5.82 Å². The number of carbonyl (C=O) groups is 1. The number of ether oxygens (including phenoxy) is 1. The molecule has 0 spiro atoms. The van der Waals surface area contributed by atoms with Gasteiger partial charge in [-0.2, -0.15) is 0 Å². The fraction of sp³-hybridized carbons (Fsp3) is 0.600. The molecule has 0 aliphatic rings. The van der Waals surface area contributed by atoms with Crippen molar-refractivity contribution in [1.82, 2.24) is 4.98 Å². The molecule has 0 radical (unpaired) electrons. The molecule has 0 atom stereocenters. The van der Waals surface area contributed by atoms with Crippen molar-refractivity contribution in [1.29, 1.82) is 0 Å². The van der Waals surface area contributed by atoms with Gasteiger partial charge in [-0.25, -0.2) is 9.78 Å². The van der Waals surface area contributed by atoms with Gasteiger partial charge in [-0.3, -0.25) is 0 Å². The molecule has 0 unspecified atom stereocenters. The largest absolute Gasteiger partial charge is 0.461 e. The topological polar surface area (TPSA) is 51.2 Å². The molecule has 0 fully saturated rings. The lowest BCUT2D eigenvalue weighted by atomic mass is 9.93. The van der Waals surface area contributed by atoms with E-state index in [9.17, 15) is 4.79 Å². The van der Waals surface area contributed by atoms with E-state index < -0.39 is 0 Å². The number of aromatic nitrogens is 1. The molecule has 1 aromatic rings. The molecule has 0 saturated heterocycles. The van der Waals surface area contributed by atoms with Crippen LogP contribution < -0.4 is 5.32 Å². The summed E-state index contributed by atoms with van der Waals surface area (Å²) in [6.45, 7) is 10.8. The van der Waals surface area contributed by atoms with E-state index in [1.807, 2.05) is 19.9 Å². The molecule has 0 amide bonds. The number of rotatable bonds is 5. The van der Waals surface area contributed by atoms with Crippen molar-refractivity contribution in [3.63, 3.8) is 0 Å². The van der Waals surface area contributed by atoms with Gasteiger partial charge in [0.1, 0.15) is 5.82 Å². The van der Waals surface area contributed by atoms with Gasteiger partial charge < -0.3 is 10.1 Å². The second-order valence-electron chi connectivity index (χ2n) is 6.15. The number of esters is 1. The maximum Gasteiger partial charge on any atom is 0.357 e. The molecule has 106 valence electrons. The Balaban J connectivity index is 2.57. The normalized spacial score (nSPS) is 11.5. The smallest absolute Gasteiger partial charge is 0.357 e. The SMILES string of the molecule is CC(C)Nc1cccc(C(=O)OCCC(C)(C)C)n1. The van der Waals surface area contributed by atoms with Gasteiger partial charge in [0.05, 0.1) is 6.61 Å². The quantitative estimate of drug-likeness (QED) is 0.827. The zero-order valence-corrected chi connectivity index (χ0v) is 12.5. The Kier molecular flexibility index (Phi) is 5.33. The summed E-state index contributed by atoms with van der Waals surface area (Å²) in [7, 11) is 0. The predicted octanol–water partition coefficient (Wildman–Crippen LogP) is 3.49. The van der Waals surface area contributed by atoms with Crippen molar-refractivity contribution in [3.05, 3.63) is 23.9 Å². The van der Waals surface area contributed by atoms with Crippen LogP contribution in [-0.2, 0) is 4.74 Å². The van der Waals surface area contributed by atoms with Crippen LogP contribution >= 0.6 is 0 Å². The van der Waals surface area contributed by atoms with Crippen LogP contribution in [-0.4, -0.2) is 23.6 Å². The fourth-order valence-electron chi connectivity index (χ4n) is 1.45. The molecule has 1 aromatic heterocycles. The molecular weight excluding hydrogens is 240 g/mol. The van der Waals surface area contributed by atoms with E-state index in [-0.39, 0.29) is 17.4 Å². The number of hydrogen-bond acceptors (Lipinski definition) is 4. The maximum absolute atomic E-state index is 11.9. The Hall–Kier alpha value is -1.58. The number of carbonyl (C=O) groups excluding carboxylic acids is 1. The van der Waals surface area contributed by atoms with Gasteiger partial charge in [-0.15, -0.1) is 0 Å². The highest BCUT2D eigenvalue weighted by Gasteiger charge is 2.14. The monoisotopic (exact) mass is 264 g/mol. The van der Waals surface area contributed by atoms with Gasteiger partial charge >= 0.3 is 5.97 Å².